The van der Waals surface area contributed by atoms with Crippen LogP contribution < -0.4 is 0 Å². The quantitative estimate of drug-likeness (QED) is 0.521. The summed E-state index contributed by atoms with van der Waals surface area (Å²) in [7, 11) is 0. The van der Waals surface area contributed by atoms with E-state index in [0.29, 0.717) is 0 Å². The molecule has 0 atom stereocenters. The first-order valence-electron chi connectivity index (χ1n) is 7.82. The third-order valence-electron chi connectivity index (χ3n) is 3.27. The van der Waals surface area contributed by atoms with Gasteiger partial charge in [-0.3, -0.25) is 0 Å². The van der Waals surface area contributed by atoms with Crippen molar-refractivity contribution in [1.29, 1.82) is 0 Å². The molecule has 114 valence electrons. The molecule has 0 bridgehead atoms. The molecule has 0 aromatic heterocycles. The van der Waals surface area contributed by atoms with E-state index in [1.54, 1.807) is 12.1 Å². The third-order valence-corrected chi connectivity index (χ3v) is 3.27. The monoisotopic (exact) mass is 302 g/mol. The lowest BCUT2D eigenvalue weighted by Crippen LogP contribution is -1.76. The average Bonchev–Trinajstić information content (AvgIpc) is 2.58. The molecule has 2 aromatic rings. The normalized spacial score (nSPS) is 9.83. The van der Waals surface area contributed by atoms with Crippen LogP contribution in [0.5, 0.6) is 0 Å². The summed E-state index contributed by atoms with van der Waals surface area (Å²) < 4.78 is 12.8. The summed E-state index contributed by atoms with van der Waals surface area (Å²) in [4.78, 5) is 0. The predicted octanol–water partition coefficient (Wildman–Crippen LogP) is 5.43. The van der Waals surface area contributed by atoms with Gasteiger partial charge in [0, 0.05) is 11.1 Å². The van der Waals surface area contributed by atoms with Gasteiger partial charge in [0.25, 0.3) is 0 Å². The molecule has 0 nitrogen and oxygen atoms in total. The molecule has 0 unspecified atom stereocenters. The van der Waals surface area contributed by atoms with E-state index in [1.165, 1.54) is 30.5 Å². The molecule has 0 N–H and O–H groups in total. The second-order valence-corrected chi connectivity index (χ2v) is 5.17. The van der Waals surface area contributed by atoms with E-state index in [9.17, 15) is 4.39 Å². The van der Waals surface area contributed by atoms with Gasteiger partial charge in [0.05, 0.1) is 0 Å². The van der Waals surface area contributed by atoms with Crippen LogP contribution in [0.3, 0.4) is 0 Å². The molecule has 0 radical (unpaired) electrons. The molecule has 0 aliphatic rings. The molecule has 0 aliphatic carbocycles. The smallest absolute Gasteiger partial charge is 0.123 e. The molecule has 0 heterocycles. The topological polar surface area (TPSA) is 0 Å². The predicted molar refractivity (Wildman–Crippen MR) is 95.2 cm³/mol. The Bertz CT molecular complexity index is 757. The minimum absolute atomic E-state index is 0.259. The van der Waals surface area contributed by atoms with Crippen LogP contribution in [0.1, 0.15) is 42.9 Å². The molecular weight excluding hydrogens is 283 g/mol. The first-order chi connectivity index (χ1) is 11.3. The Balaban J connectivity index is 1.94. The van der Waals surface area contributed by atoms with Crippen molar-refractivity contribution in [3.63, 3.8) is 0 Å². The standard InChI is InChI=1S/C22H19F/c1-2-3-4-5-8-19-11-13-20(14-12-19)9-6-7-10-21-15-17-22(23)18-16-21/h5,8,11-18H,2-4H2,1H3/b8-5+. The first kappa shape index (κ1) is 16.6. The summed E-state index contributed by atoms with van der Waals surface area (Å²) >= 11 is 0. The Morgan fingerprint density at radius 1 is 0.870 bits per heavy atom. The number of allylic oxidation sites excluding steroid dienone is 1. The van der Waals surface area contributed by atoms with Gasteiger partial charge in [-0.2, -0.15) is 0 Å². The van der Waals surface area contributed by atoms with Gasteiger partial charge in [-0.15, -0.1) is 0 Å². The zero-order chi connectivity index (χ0) is 16.3. The lowest BCUT2D eigenvalue weighted by atomic mass is 10.1. The van der Waals surface area contributed by atoms with Crippen LogP contribution in [0.15, 0.2) is 54.6 Å². The molecule has 0 saturated carbocycles. The van der Waals surface area contributed by atoms with Gasteiger partial charge in [-0.05, 0) is 60.2 Å². The van der Waals surface area contributed by atoms with Gasteiger partial charge in [-0.25, -0.2) is 4.39 Å². The summed E-state index contributed by atoms with van der Waals surface area (Å²) in [5, 5.41) is 0. The summed E-state index contributed by atoms with van der Waals surface area (Å²) in [6.07, 6.45) is 7.92. The number of rotatable bonds is 4. The summed E-state index contributed by atoms with van der Waals surface area (Å²) in [5.41, 5.74) is 2.88. The van der Waals surface area contributed by atoms with Crippen LogP contribution in [0.2, 0.25) is 0 Å². The molecule has 0 amide bonds. The van der Waals surface area contributed by atoms with Gasteiger partial charge in [-0.1, -0.05) is 55.9 Å². The number of benzene rings is 2. The van der Waals surface area contributed by atoms with Crippen LogP contribution in [-0.2, 0) is 0 Å². The van der Waals surface area contributed by atoms with Gasteiger partial charge in [0.2, 0.25) is 0 Å². The van der Waals surface area contributed by atoms with Gasteiger partial charge in [0.15, 0.2) is 0 Å². The highest BCUT2D eigenvalue weighted by Crippen LogP contribution is 2.07. The van der Waals surface area contributed by atoms with E-state index in [2.05, 4.69) is 54.9 Å². The van der Waals surface area contributed by atoms with E-state index in [1.807, 2.05) is 12.1 Å². The lowest BCUT2D eigenvalue weighted by Gasteiger charge is -1.94. The highest BCUT2D eigenvalue weighted by molar-refractivity contribution is 5.52. The van der Waals surface area contributed by atoms with Crippen LogP contribution in [0, 0.1) is 29.5 Å². The fraction of sp³-hybridized carbons (Fsp3) is 0.182. The van der Waals surface area contributed by atoms with Crippen molar-refractivity contribution in [2.45, 2.75) is 26.2 Å². The second-order valence-electron chi connectivity index (χ2n) is 5.17. The van der Waals surface area contributed by atoms with Crippen LogP contribution in [-0.4, -0.2) is 0 Å². The zero-order valence-corrected chi connectivity index (χ0v) is 13.3. The zero-order valence-electron chi connectivity index (χ0n) is 13.3. The maximum Gasteiger partial charge on any atom is 0.123 e. The highest BCUT2D eigenvalue weighted by Gasteiger charge is 1.89. The lowest BCUT2D eigenvalue weighted by molar-refractivity contribution is 0.627. The fourth-order valence-corrected chi connectivity index (χ4v) is 1.96. The van der Waals surface area contributed by atoms with Crippen molar-refractivity contribution < 1.29 is 4.39 Å². The fourth-order valence-electron chi connectivity index (χ4n) is 1.96. The van der Waals surface area contributed by atoms with Crippen LogP contribution >= 0.6 is 0 Å². The van der Waals surface area contributed by atoms with Gasteiger partial charge in [0.1, 0.15) is 5.82 Å². The summed E-state index contributed by atoms with van der Waals surface area (Å²) in [5.74, 6) is 11.2. The Kier molecular flexibility index (Phi) is 6.70. The SMILES string of the molecule is CCCC/C=C/c1ccc(C#CC#Cc2ccc(F)cc2)cc1. The molecule has 0 aliphatic heterocycles. The molecule has 0 spiro atoms. The second kappa shape index (κ2) is 9.29. The Morgan fingerprint density at radius 3 is 2.00 bits per heavy atom. The summed E-state index contributed by atoms with van der Waals surface area (Å²) in [6, 6.07) is 14.2. The molecule has 2 rings (SSSR count). The average molecular weight is 302 g/mol. The number of hydrogen-bond donors (Lipinski definition) is 0. The van der Waals surface area contributed by atoms with Crippen molar-refractivity contribution in [3.8, 4) is 23.7 Å². The molecule has 0 fully saturated rings. The van der Waals surface area contributed by atoms with Crippen LogP contribution in [0.25, 0.3) is 6.08 Å². The van der Waals surface area contributed by atoms with Crippen molar-refractivity contribution in [2.24, 2.45) is 0 Å². The molecule has 2 aromatic carbocycles. The number of hydrogen-bond acceptors (Lipinski definition) is 0. The summed E-state index contributed by atoms with van der Waals surface area (Å²) in [6.45, 7) is 2.19. The minimum Gasteiger partial charge on any atom is -0.207 e. The molecule has 1 heteroatoms. The number of unbranched alkanes of at least 4 members (excludes halogenated alkanes) is 2. The Morgan fingerprint density at radius 2 is 1.43 bits per heavy atom. The Hall–Kier alpha value is -2.77. The largest absolute Gasteiger partial charge is 0.207 e. The van der Waals surface area contributed by atoms with E-state index in [-0.39, 0.29) is 5.82 Å². The van der Waals surface area contributed by atoms with Crippen LogP contribution in [0.4, 0.5) is 4.39 Å². The van der Waals surface area contributed by atoms with E-state index in [0.717, 1.165) is 17.5 Å². The maximum atomic E-state index is 12.8. The van der Waals surface area contributed by atoms with E-state index >= 15 is 0 Å². The molecule has 0 saturated heterocycles. The van der Waals surface area contributed by atoms with Gasteiger partial charge >= 0.3 is 0 Å². The van der Waals surface area contributed by atoms with E-state index < -0.39 is 0 Å². The molecular formula is C22H19F. The first-order valence-corrected chi connectivity index (χ1v) is 7.82. The Labute approximate surface area is 138 Å². The minimum atomic E-state index is -0.259. The van der Waals surface area contributed by atoms with Crippen molar-refractivity contribution in [2.75, 3.05) is 0 Å². The third kappa shape index (κ3) is 6.25. The molecule has 23 heavy (non-hydrogen) atoms. The highest BCUT2D eigenvalue weighted by atomic mass is 19.1. The maximum absolute atomic E-state index is 12.8. The van der Waals surface area contributed by atoms with Gasteiger partial charge < -0.3 is 0 Å². The van der Waals surface area contributed by atoms with Crippen molar-refractivity contribution >= 4 is 6.08 Å². The van der Waals surface area contributed by atoms with E-state index in [4.69, 9.17) is 0 Å². The van der Waals surface area contributed by atoms with Crippen molar-refractivity contribution in [3.05, 3.63) is 77.1 Å². The number of halogens is 1. The van der Waals surface area contributed by atoms with Crippen molar-refractivity contribution in [1.82, 2.24) is 0 Å².